The van der Waals surface area contributed by atoms with Gasteiger partial charge >= 0.3 is 0 Å². The van der Waals surface area contributed by atoms with Crippen LogP contribution in [0.5, 0.6) is 0 Å². The Labute approximate surface area is 129 Å². The second-order valence-corrected chi connectivity index (χ2v) is 6.75. The fourth-order valence-corrected chi connectivity index (χ4v) is 3.08. The molecule has 2 heterocycles. The summed E-state index contributed by atoms with van der Waals surface area (Å²) in [6, 6.07) is 1.34. The van der Waals surface area contributed by atoms with Crippen molar-refractivity contribution < 1.29 is 4.74 Å². The monoisotopic (exact) mass is 296 g/mol. The average molecular weight is 296 g/mol. The number of hydrogen-bond acceptors (Lipinski definition) is 3. The van der Waals surface area contributed by atoms with Gasteiger partial charge in [-0.25, -0.2) is 0 Å². The Morgan fingerprint density at radius 1 is 1.19 bits per heavy atom. The lowest BCUT2D eigenvalue weighted by atomic mass is 10.2. The van der Waals surface area contributed by atoms with Gasteiger partial charge in [-0.2, -0.15) is 0 Å². The first-order chi connectivity index (χ1) is 10.1. The van der Waals surface area contributed by atoms with Crippen LogP contribution in [0.25, 0.3) is 0 Å². The summed E-state index contributed by atoms with van der Waals surface area (Å²) < 4.78 is 5.45. The van der Waals surface area contributed by atoms with Crippen molar-refractivity contribution in [1.29, 1.82) is 0 Å². The topological polar surface area (TPSA) is 40.1 Å². The number of guanidine groups is 1. The Morgan fingerprint density at radius 3 is 2.52 bits per heavy atom. The molecule has 2 fully saturated rings. The molecule has 2 aliphatic heterocycles. The van der Waals surface area contributed by atoms with E-state index in [1.165, 1.54) is 12.8 Å². The van der Waals surface area contributed by atoms with E-state index >= 15 is 0 Å². The van der Waals surface area contributed by atoms with Gasteiger partial charge in [0.05, 0.1) is 13.2 Å². The van der Waals surface area contributed by atoms with Crippen molar-refractivity contribution >= 4 is 5.96 Å². The van der Waals surface area contributed by atoms with Crippen LogP contribution in [0.1, 0.15) is 40.5 Å². The van der Waals surface area contributed by atoms with E-state index in [0.29, 0.717) is 18.1 Å². The van der Waals surface area contributed by atoms with Gasteiger partial charge < -0.3 is 15.0 Å². The molecule has 2 saturated heterocycles. The molecule has 2 aliphatic rings. The van der Waals surface area contributed by atoms with E-state index in [2.05, 4.69) is 42.8 Å². The van der Waals surface area contributed by atoms with Crippen molar-refractivity contribution in [3.05, 3.63) is 0 Å². The summed E-state index contributed by atoms with van der Waals surface area (Å²) in [7, 11) is 0. The van der Waals surface area contributed by atoms with Gasteiger partial charge in [-0.15, -0.1) is 0 Å². The van der Waals surface area contributed by atoms with E-state index in [1.807, 2.05) is 0 Å². The van der Waals surface area contributed by atoms with Gasteiger partial charge in [-0.1, -0.05) is 0 Å². The molecule has 0 bridgehead atoms. The predicted octanol–water partition coefficient (Wildman–Crippen LogP) is 1.55. The molecule has 0 spiro atoms. The van der Waals surface area contributed by atoms with E-state index in [9.17, 15) is 0 Å². The lowest BCUT2D eigenvalue weighted by molar-refractivity contribution is 0.0305. The second kappa shape index (κ2) is 7.99. The lowest BCUT2D eigenvalue weighted by Gasteiger charge is -2.35. The van der Waals surface area contributed by atoms with Crippen molar-refractivity contribution in [3.8, 4) is 0 Å². The Morgan fingerprint density at radius 2 is 1.90 bits per heavy atom. The minimum atomic E-state index is 0.330. The van der Waals surface area contributed by atoms with Crippen LogP contribution in [-0.2, 0) is 4.74 Å². The first-order valence-corrected chi connectivity index (χ1v) is 8.47. The second-order valence-electron chi connectivity index (χ2n) is 6.75. The molecule has 5 nitrogen and oxygen atoms in total. The third kappa shape index (κ3) is 5.15. The number of hydrogen-bond donors (Lipinski definition) is 1. The van der Waals surface area contributed by atoms with Crippen LogP contribution >= 0.6 is 0 Å². The summed E-state index contributed by atoms with van der Waals surface area (Å²) in [6.07, 6.45) is 2.54. The molecule has 0 aromatic heterocycles. The van der Waals surface area contributed by atoms with Crippen LogP contribution in [0, 0.1) is 0 Å². The van der Waals surface area contributed by atoms with Gasteiger partial charge in [0.15, 0.2) is 5.96 Å². The summed E-state index contributed by atoms with van der Waals surface area (Å²) in [6.45, 7) is 14.8. The Hall–Kier alpha value is -0.810. The molecule has 0 aromatic carbocycles. The van der Waals surface area contributed by atoms with Crippen LogP contribution in [0.15, 0.2) is 4.99 Å². The molecule has 21 heavy (non-hydrogen) atoms. The van der Waals surface area contributed by atoms with Gasteiger partial charge in [0.1, 0.15) is 0 Å². The van der Waals surface area contributed by atoms with E-state index in [-0.39, 0.29) is 0 Å². The normalized spacial score (nSPS) is 25.1. The molecular formula is C16H32N4O. The van der Waals surface area contributed by atoms with Gasteiger partial charge in [-0.05, 0) is 40.5 Å². The molecular weight excluding hydrogens is 264 g/mol. The molecule has 1 N–H and O–H groups in total. The predicted molar refractivity (Wildman–Crippen MR) is 87.8 cm³/mol. The number of ether oxygens (including phenoxy) is 1. The zero-order valence-corrected chi connectivity index (χ0v) is 14.1. The van der Waals surface area contributed by atoms with Crippen molar-refractivity contribution in [3.63, 3.8) is 0 Å². The van der Waals surface area contributed by atoms with Gasteiger partial charge in [0.2, 0.25) is 0 Å². The highest BCUT2D eigenvalue weighted by molar-refractivity contribution is 5.81. The summed E-state index contributed by atoms with van der Waals surface area (Å²) in [5.74, 6) is 1.09. The van der Waals surface area contributed by atoms with Gasteiger partial charge in [0.25, 0.3) is 0 Å². The molecule has 122 valence electrons. The van der Waals surface area contributed by atoms with Crippen molar-refractivity contribution in [2.75, 3.05) is 39.4 Å². The van der Waals surface area contributed by atoms with Crippen LogP contribution in [0.2, 0.25) is 0 Å². The summed E-state index contributed by atoms with van der Waals surface area (Å²) in [4.78, 5) is 9.86. The Bertz CT molecular complexity index is 337. The van der Waals surface area contributed by atoms with Crippen LogP contribution in [0.4, 0.5) is 0 Å². The van der Waals surface area contributed by atoms with Crippen molar-refractivity contribution in [1.82, 2.24) is 15.1 Å². The summed E-state index contributed by atoms with van der Waals surface area (Å²) >= 11 is 0. The van der Waals surface area contributed by atoms with Crippen LogP contribution in [0.3, 0.4) is 0 Å². The van der Waals surface area contributed by atoms with Crippen molar-refractivity contribution in [2.24, 2.45) is 4.99 Å². The van der Waals surface area contributed by atoms with E-state index in [4.69, 9.17) is 9.73 Å². The molecule has 0 unspecified atom stereocenters. The zero-order chi connectivity index (χ0) is 15.2. The minimum absolute atomic E-state index is 0.330. The minimum Gasteiger partial charge on any atom is -0.379 e. The number of rotatable bonds is 4. The Balaban J connectivity index is 2.00. The number of nitrogens with one attached hydrogen (secondary N) is 1. The molecule has 0 aliphatic carbocycles. The molecule has 5 heteroatoms. The summed E-state index contributed by atoms with van der Waals surface area (Å²) in [5, 5.41) is 3.55. The lowest BCUT2D eigenvalue weighted by Crippen LogP contribution is -2.51. The maximum absolute atomic E-state index is 5.45. The maximum Gasteiger partial charge on any atom is 0.194 e. The van der Waals surface area contributed by atoms with Crippen LogP contribution in [-0.4, -0.2) is 73.3 Å². The highest BCUT2D eigenvalue weighted by Crippen LogP contribution is 2.19. The quantitative estimate of drug-likeness (QED) is 0.631. The van der Waals surface area contributed by atoms with E-state index in [0.717, 1.165) is 45.4 Å². The van der Waals surface area contributed by atoms with E-state index < -0.39 is 0 Å². The van der Waals surface area contributed by atoms with E-state index in [1.54, 1.807) is 0 Å². The zero-order valence-electron chi connectivity index (χ0n) is 14.1. The molecule has 2 rings (SSSR count). The number of aliphatic imine (C=N–C) groups is 1. The maximum atomic E-state index is 5.45. The van der Waals surface area contributed by atoms with Gasteiger partial charge in [-0.3, -0.25) is 9.89 Å². The largest absolute Gasteiger partial charge is 0.379 e. The van der Waals surface area contributed by atoms with Crippen molar-refractivity contribution in [2.45, 2.75) is 58.7 Å². The molecule has 1 atom stereocenters. The third-order valence-corrected chi connectivity index (χ3v) is 4.02. The Kier molecular flexibility index (Phi) is 6.30. The average Bonchev–Trinajstić information content (AvgIpc) is 2.86. The van der Waals surface area contributed by atoms with Crippen LogP contribution < -0.4 is 5.32 Å². The first kappa shape index (κ1) is 16.6. The third-order valence-electron chi connectivity index (χ3n) is 4.02. The summed E-state index contributed by atoms with van der Waals surface area (Å²) in [5.41, 5.74) is 0. The number of nitrogens with zero attached hydrogens (tertiary/aromatic N) is 3. The highest BCUT2D eigenvalue weighted by Gasteiger charge is 2.29. The SMILES string of the molecule is CC(C)N=C(NC(C)C)N1CCC[C@H]1CN1CCOCC1. The number of morpholine rings is 1. The molecule has 0 amide bonds. The smallest absolute Gasteiger partial charge is 0.194 e. The standard InChI is InChI=1S/C16H32N4O/c1-13(2)17-16(18-14(3)4)20-7-5-6-15(20)12-19-8-10-21-11-9-19/h13-15H,5-12H2,1-4H3,(H,17,18)/t15-/m0/s1. The highest BCUT2D eigenvalue weighted by atomic mass is 16.5. The van der Waals surface area contributed by atoms with Gasteiger partial charge in [0, 0.05) is 44.3 Å². The molecule has 0 radical (unpaired) electrons. The first-order valence-electron chi connectivity index (χ1n) is 8.47. The molecule has 0 saturated carbocycles. The fourth-order valence-electron chi connectivity index (χ4n) is 3.08. The molecule has 0 aromatic rings. The fraction of sp³-hybridized carbons (Fsp3) is 0.938. The number of likely N-dealkylation sites (tertiary alicyclic amines) is 1.